The van der Waals surface area contributed by atoms with Gasteiger partial charge in [0.15, 0.2) is 8.32 Å². The summed E-state index contributed by atoms with van der Waals surface area (Å²) in [6.07, 6.45) is 2.32. The van der Waals surface area contributed by atoms with E-state index in [1.54, 1.807) is 0 Å². The third-order valence-electron chi connectivity index (χ3n) is 5.75. The Balaban J connectivity index is 1.84. The molecule has 0 spiro atoms. The van der Waals surface area contributed by atoms with Gasteiger partial charge in [-0.1, -0.05) is 20.8 Å². The predicted molar refractivity (Wildman–Crippen MR) is 106 cm³/mol. The number of carbonyl (C=O) groups excluding carboxylic acids is 1. The van der Waals surface area contributed by atoms with Crippen molar-refractivity contribution in [3.05, 3.63) is 29.8 Å². The number of hydrogen-bond donors (Lipinski definition) is 0. The fraction of sp³-hybridized carbons (Fsp3) is 0.650. The first-order valence-corrected chi connectivity index (χ1v) is 12.1. The number of benzene rings is 1. The van der Waals surface area contributed by atoms with E-state index in [0.717, 1.165) is 32.5 Å². The van der Waals surface area contributed by atoms with E-state index in [0.29, 0.717) is 11.5 Å². The Bertz CT molecular complexity index is 570. The number of ether oxygens (including phenoxy) is 1. The van der Waals surface area contributed by atoms with E-state index in [9.17, 15) is 4.79 Å². The van der Waals surface area contributed by atoms with Crippen LogP contribution in [-0.4, -0.2) is 41.1 Å². The average molecular weight is 364 g/mol. The van der Waals surface area contributed by atoms with Crippen molar-refractivity contribution in [3.63, 3.8) is 0 Å². The highest BCUT2D eigenvalue weighted by atomic mass is 28.4. The van der Waals surface area contributed by atoms with Gasteiger partial charge < -0.3 is 14.1 Å². The maximum Gasteiger partial charge on any atom is 0.337 e. The van der Waals surface area contributed by atoms with Crippen molar-refractivity contribution < 1.29 is 14.0 Å². The fourth-order valence-corrected chi connectivity index (χ4v) is 3.91. The molecule has 140 valence electrons. The van der Waals surface area contributed by atoms with Crippen LogP contribution in [0.4, 0.5) is 5.69 Å². The lowest BCUT2D eigenvalue weighted by Crippen LogP contribution is -2.43. The van der Waals surface area contributed by atoms with E-state index in [4.69, 9.17) is 9.16 Å². The molecule has 4 nitrogen and oxygen atoms in total. The van der Waals surface area contributed by atoms with E-state index in [-0.39, 0.29) is 11.0 Å². The first kappa shape index (κ1) is 20.0. The molecular formula is C20H33NO3Si. The Labute approximate surface area is 153 Å². The third kappa shape index (κ3) is 5.08. The van der Waals surface area contributed by atoms with Gasteiger partial charge >= 0.3 is 5.97 Å². The van der Waals surface area contributed by atoms with Crippen LogP contribution in [0.2, 0.25) is 18.1 Å². The van der Waals surface area contributed by atoms with Crippen LogP contribution in [0.5, 0.6) is 0 Å². The Morgan fingerprint density at radius 3 is 2.20 bits per heavy atom. The van der Waals surface area contributed by atoms with Crippen LogP contribution in [0.1, 0.15) is 44.0 Å². The summed E-state index contributed by atoms with van der Waals surface area (Å²) >= 11 is 0. The lowest BCUT2D eigenvalue weighted by molar-refractivity contribution is 0.0600. The average Bonchev–Trinajstić information content (AvgIpc) is 2.59. The molecule has 25 heavy (non-hydrogen) atoms. The smallest absolute Gasteiger partial charge is 0.337 e. The summed E-state index contributed by atoms with van der Waals surface area (Å²) in [6.45, 7) is 14.5. The van der Waals surface area contributed by atoms with Crippen molar-refractivity contribution in [1.82, 2.24) is 0 Å². The van der Waals surface area contributed by atoms with Crippen LogP contribution in [0.3, 0.4) is 0 Å². The number of esters is 1. The van der Waals surface area contributed by atoms with Crippen LogP contribution in [0, 0.1) is 5.92 Å². The molecule has 1 aliphatic rings. The van der Waals surface area contributed by atoms with Gasteiger partial charge in [-0.25, -0.2) is 4.79 Å². The molecule has 0 bridgehead atoms. The number of methoxy groups -OCH3 is 1. The minimum absolute atomic E-state index is 0.273. The number of rotatable bonds is 5. The molecule has 0 saturated carbocycles. The number of piperidine rings is 1. The normalized spacial score (nSPS) is 16.8. The van der Waals surface area contributed by atoms with E-state index < -0.39 is 8.32 Å². The highest BCUT2D eigenvalue weighted by molar-refractivity contribution is 6.74. The standard InChI is InChI=1S/C20H33NO3Si/c1-20(2,3)25(5,6)24-15-16-11-13-21(14-12-16)18-9-7-17(8-10-18)19(22)23-4/h7-10,16H,11-15H2,1-6H3. The second-order valence-electron chi connectivity index (χ2n) is 8.54. The summed E-state index contributed by atoms with van der Waals surface area (Å²) in [6, 6.07) is 7.71. The van der Waals surface area contributed by atoms with Gasteiger partial charge in [0, 0.05) is 25.4 Å². The maximum atomic E-state index is 11.5. The first-order valence-electron chi connectivity index (χ1n) is 9.21. The Morgan fingerprint density at radius 1 is 1.16 bits per heavy atom. The van der Waals surface area contributed by atoms with Crippen LogP contribution in [-0.2, 0) is 9.16 Å². The van der Waals surface area contributed by atoms with Gasteiger partial charge in [-0.05, 0) is 61.2 Å². The second kappa shape index (κ2) is 7.91. The van der Waals surface area contributed by atoms with Gasteiger partial charge in [0.05, 0.1) is 12.7 Å². The lowest BCUT2D eigenvalue weighted by Gasteiger charge is -2.39. The summed E-state index contributed by atoms with van der Waals surface area (Å²) in [7, 11) is -0.238. The summed E-state index contributed by atoms with van der Waals surface area (Å²) < 4.78 is 11.1. The van der Waals surface area contributed by atoms with Gasteiger partial charge in [0.25, 0.3) is 0 Å². The molecule has 0 radical (unpaired) electrons. The predicted octanol–water partition coefficient (Wildman–Crippen LogP) is 4.71. The molecule has 1 heterocycles. The number of nitrogens with zero attached hydrogens (tertiary/aromatic N) is 1. The van der Waals surface area contributed by atoms with E-state index in [1.807, 2.05) is 24.3 Å². The third-order valence-corrected chi connectivity index (χ3v) is 10.3. The molecule has 1 aromatic carbocycles. The SMILES string of the molecule is COC(=O)c1ccc(N2CCC(CO[Si](C)(C)C(C)(C)C)CC2)cc1. The second-order valence-corrected chi connectivity index (χ2v) is 13.3. The van der Waals surface area contributed by atoms with Crippen LogP contribution in [0.25, 0.3) is 0 Å². The van der Waals surface area contributed by atoms with Crippen molar-refractivity contribution in [3.8, 4) is 0 Å². The molecule has 0 N–H and O–H groups in total. The van der Waals surface area contributed by atoms with Crippen LogP contribution < -0.4 is 4.90 Å². The molecule has 2 rings (SSSR count). The molecule has 1 saturated heterocycles. The van der Waals surface area contributed by atoms with Crippen molar-refractivity contribution in [2.45, 2.75) is 51.7 Å². The highest BCUT2D eigenvalue weighted by Gasteiger charge is 2.37. The largest absolute Gasteiger partial charge is 0.465 e. The van der Waals surface area contributed by atoms with Gasteiger partial charge in [-0.3, -0.25) is 0 Å². The molecule has 0 amide bonds. The van der Waals surface area contributed by atoms with Crippen molar-refractivity contribution in [2.24, 2.45) is 5.92 Å². The van der Waals surface area contributed by atoms with E-state index >= 15 is 0 Å². The topological polar surface area (TPSA) is 38.8 Å². The summed E-state index contributed by atoms with van der Waals surface area (Å²) in [5, 5.41) is 0.273. The molecule has 0 aliphatic carbocycles. The first-order chi connectivity index (χ1) is 11.6. The number of anilines is 1. The Hall–Kier alpha value is -1.33. The highest BCUT2D eigenvalue weighted by Crippen LogP contribution is 2.37. The molecule has 1 aromatic rings. The van der Waals surface area contributed by atoms with E-state index in [2.05, 4.69) is 38.8 Å². The Kier molecular flexibility index (Phi) is 6.33. The zero-order chi connectivity index (χ0) is 18.7. The quantitative estimate of drug-likeness (QED) is 0.561. The van der Waals surface area contributed by atoms with Gasteiger partial charge in [0.2, 0.25) is 0 Å². The van der Waals surface area contributed by atoms with Gasteiger partial charge in [-0.2, -0.15) is 0 Å². The number of carbonyl (C=O) groups is 1. The molecular weight excluding hydrogens is 330 g/mol. The summed E-state index contributed by atoms with van der Waals surface area (Å²) in [5.41, 5.74) is 1.78. The summed E-state index contributed by atoms with van der Waals surface area (Å²) in [5.74, 6) is 0.368. The minimum atomic E-state index is -1.65. The van der Waals surface area contributed by atoms with Crippen molar-refractivity contribution in [2.75, 3.05) is 31.7 Å². The molecule has 1 fully saturated rings. The monoisotopic (exact) mass is 363 g/mol. The lowest BCUT2D eigenvalue weighted by atomic mass is 9.97. The molecule has 0 aromatic heterocycles. The number of hydrogen-bond acceptors (Lipinski definition) is 4. The fourth-order valence-electron chi connectivity index (χ4n) is 2.83. The molecule has 0 unspecified atom stereocenters. The zero-order valence-electron chi connectivity index (χ0n) is 16.6. The zero-order valence-corrected chi connectivity index (χ0v) is 17.6. The van der Waals surface area contributed by atoms with Gasteiger partial charge in [-0.15, -0.1) is 0 Å². The van der Waals surface area contributed by atoms with Crippen molar-refractivity contribution >= 4 is 20.0 Å². The van der Waals surface area contributed by atoms with Crippen LogP contribution in [0.15, 0.2) is 24.3 Å². The molecule has 1 aliphatic heterocycles. The van der Waals surface area contributed by atoms with Crippen molar-refractivity contribution in [1.29, 1.82) is 0 Å². The molecule has 5 heteroatoms. The minimum Gasteiger partial charge on any atom is -0.465 e. The summed E-state index contributed by atoms with van der Waals surface area (Å²) in [4.78, 5) is 13.9. The van der Waals surface area contributed by atoms with Crippen LogP contribution >= 0.6 is 0 Å². The van der Waals surface area contributed by atoms with E-state index in [1.165, 1.54) is 12.8 Å². The maximum absolute atomic E-state index is 11.5. The molecule has 0 atom stereocenters. The Morgan fingerprint density at radius 2 is 1.72 bits per heavy atom. The van der Waals surface area contributed by atoms with Gasteiger partial charge in [0.1, 0.15) is 0 Å².